The third-order valence-corrected chi connectivity index (χ3v) is 3.17. The van der Waals surface area contributed by atoms with Gasteiger partial charge in [-0.15, -0.1) is 0 Å². The number of nitriles is 1. The van der Waals surface area contributed by atoms with Crippen LogP contribution in [0, 0.1) is 17.2 Å². The maximum atomic E-state index is 10.9. The van der Waals surface area contributed by atoms with E-state index in [2.05, 4.69) is 11.4 Å². The molecule has 1 fully saturated rings. The largest absolute Gasteiger partial charge is 0.481 e. The lowest BCUT2D eigenvalue weighted by molar-refractivity contribution is -0.143. The molecule has 2 unspecified atom stereocenters. The number of carbonyl (C=O) groups is 1. The van der Waals surface area contributed by atoms with E-state index >= 15 is 0 Å². The Morgan fingerprint density at radius 1 is 1.44 bits per heavy atom. The van der Waals surface area contributed by atoms with Crippen LogP contribution in [0.5, 0.6) is 0 Å². The summed E-state index contributed by atoms with van der Waals surface area (Å²) in [7, 11) is 0. The van der Waals surface area contributed by atoms with E-state index in [4.69, 9.17) is 10.4 Å². The number of carboxylic acid groups (broad SMARTS) is 1. The van der Waals surface area contributed by atoms with Crippen molar-refractivity contribution in [1.29, 1.82) is 5.26 Å². The molecule has 16 heavy (non-hydrogen) atoms. The maximum Gasteiger partial charge on any atom is 0.306 e. The van der Waals surface area contributed by atoms with Gasteiger partial charge in [0.15, 0.2) is 0 Å². The highest BCUT2D eigenvalue weighted by Gasteiger charge is 2.26. The van der Waals surface area contributed by atoms with E-state index < -0.39 is 5.97 Å². The summed E-state index contributed by atoms with van der Waals surface area (Å²) >= 11 is 0. The molecule has 0 bridgehead atoms. The molecule has 90 valence electrons. The minimum absolute atomic E-state index is 0.162. The van der Waals surface area contributed by atoms with E-state index in [0.717, 1.165) is 45.1 Å². The molecular formula is C12H20N2O2. The molecule has 0 heterocycles. The molecule has 0 spiro atoms. The molecule has 0 amide bonds. The van der Waals surface area contributed by atoms with Crippen molar-refractivity contribution in [2.75, 3.05) is 6.54 Å². The second-order valence-electron chi connectivity index (χ2n) is 4.47. The van der Waals surface area contributed by atoms with E-state index in [0.29, 0.717) is 12.5 Å². The summed E-state index contributed by atoms with van der Waals surface area (Å²) in [4.78, 5) is 10.9. The Labute approximate surface area is 96.6 Å². The van der Waals surface area contributed by atoms with E-state index in [1.165, 1.54) is 0 Å². The second kappa shape index (κ2) is 7.24. The molecule has 0 aromatic rings. The van der Waals surface area contributed by atoms with Crippen LogP contribution in [0.2, 0.25) is 0 Å². The first kappa shape index (κ1) is 13.0. The van der Waals surface area contributed by atoms with Crippen molar-refractivity contribution >= 4 is 5.97 Å². The average molecular weight is 224 g/mol. The number of carboxylic acids is 1. The number of rotatable bonds is 6. The van der Waals surface area contributed by atoms with Gasteiger partial charge in [0.25, 0.3) is 0 Å². The van der Waals surface area contributed by atoms with E-state index in [1.54, 1.807) is 0 Å². The Bertz CT molecular complexity index is 260. The van der Waals surface area contributed by atoms with Gasteiger partial charge in [0.05, 0.1) is 12.0 Å². The Kier molecular flexibility index (Phi) is 5.87. The van der Waals surface area contributed by atoms with E-state index in [-0.39, 0.29) is 5.92 Å². The zero-order chi connectivity index (χ0) is 11.8. The van der Waals surface area contributed by atoms with E-state index in [9.17, 15) is 4.79 Å². The molecule has 2 atom stereocenters. The second-order valence-corrected chi connectivity index (χ2v) is 4.47. The number of hydrogen-bond donors (Lipinski definition) is 2. The maximum absolute atomic E-state index is 10.9. The third-order valence-electron chi connectivity index (χ3n) is 3.17. The lowest BCUT2D eigenvalue weighted by Gasteiger charge is -2.27. The first-order valence-electron chi connectivity index (χ1n) is 6.07. The quantitative estimate of drug-likeness (QED) is 0.676. The van der Waals surface area contributed by atoms with Crippen LogP contribution in [-0.2, 0) is 4.79 Å². The average Bonchev–Trinajstić information content (AvgIpc) is 2.29. The zero-order valence-electron chi connectivity index (χ0n) is 9.61. The molecule has 1 aliphatic rings. The minimum Gasteiger partial charge on any atom is -0.481 e. The normalized spacial score (nSPS) is 24.9. The fraction of sp³-hybridized carbons (Fsp3) is 0.833. The van der Waals surface area contributed by atoms with Gasteiger partial charge in [0, 0.05) is 12.5 Å². The van der Waals surface area contributed by atoms with Crippen LogP contribution in [0.3, 0.4) is 0 Å². The van der Waals surface area contributed by atoms with Crippen LogP contribution in [0.25, 0.3) is 0 Å². The summed E-state index contributed by atoms with van der Waals surface area (Å²) in [6, 6.07) is 2.48. The molecule has 1 saturated carbocycles. The lowest BCUT2D eigenvalue weighted by Crippen LogP contribution is -2.36. The predicted octanol–water partition coefficient (Wildman–Crippen LogP) is 1.91. The third kappa shape index (κ3) is 4.63. The molecule has 0 saturated heterocycles. The van der Waals surface area contributed by atoms with Crippen molar-refractivity contribution in [3.8, 4) is 6.07 Å². The standard InChI is InChI=1S/C12H20N2O2/c13-7-2-1-3-8-14-11-6-4-5-10(9-11)12(15)16/h10-11,14H,1-6,8-9H2,(H,15,16). The van der Waals surface area contributed by atoms with Gasteiger partial charge in [-0.05, 0) is 38.6 Å². The summed E-state index contributed by atoms with van der Waals surface area (Å²) < 4.78 is 0. The molecule has 0 aromatic heterocycles. The smallest absolute Gasteiger partial charge is 0.306 e. The number of nitrogens with one attached hydrogen (secondary N) is 1. The van der Waals surface area contributed by atoms with Crippen molar-refractivity contribution in [2.45, 2.75) is 51.0 Å². The van der Waals surface area contributed by atoms with Crippen LogP contribution < -0.4 is 5.32 Å². The first-order chi connectivity index (χ1) is 7.74. The Hall–Kier alpha value is -1.08. The zero-order valence-corrected chi connectivity index (χ0v) is 9.61. The van der Waals surface area contributed by atoms with Crippen molar-refractivity contribution in [1.82, 2.24) is 5.32 Å². The summed E-state index contributed by atoms with van der Waals surface area (Å²) in [5.41, 5.74) is 0. The van der Waals surface area contributed by atoms with Crippen LogP contribution in [-0.4, -0.2) is 23.7 Å². The van der Waals surface area contributed by atoms with Gasteiger partial charge in [-0.3, -0.25) is 4.79 Å². The minimum atomic E-state index is -0.656. The fourth-order valence-corrected chi connectivity index (χ4v) is 2.23. The lowest BCUT2D eigenvalue weighted by atomic mass is 9.86. The summed E-state index contributed by atoms with van der Waals surface area (Å²) in [5, 5.41) is 20.7. The van der Waals surface area contributed by atoms with Gasteiger partial charge in [-0.2, -0.15) is 5.26 Å². The van der Waals surface area contributed by atoms with Crippen molar-refractivity contribution in [2.24, 2.45) is 5.92 Å². The molecular weight excluding hydrogens is 204 g/mol. The van der Waals surface area contributed by atoms with Gasteiger partial charge < -0.3 is 10.4 Å². The van der Waals surface area contributed by atoms with Gasteiger partial charge in [-0.25, -0.2) is 0 Å². The van der Waals surface area contributed by atoms with Gasteiger partial charge in [0.1, 0.15) is 0 Å². The summed E-state index contributed by atoms with van der Waals surface area (Å²) in [5.74, 6) is -0.818. The molecule has 1 aliphatic carbocycles. The van der Waals surface area contributed by atoms with Gasteiger partial charge in [-0.1, -0.05) is 6.42 Å². The Morgan fingerprint density at radius 3 is 2.94 bits per heavy atom. The SMILES string of the molecule is N#CCCCCNC1CCCC(C(=O)O)C1. The molecule has 0 aromatic carbocycles. The summed E-state index contributed by atoms with van der Waals surface area (Å²) in [6.45, 7) is 0.901. The molecule has 4 nitrogen and oxygen atoms in total. The molecule has 2 N–H and O–H groups in total. The number of hydrogen-bond acceptors (Lipinski definition) is 3. The van der Waals surface area contributed by atoms with Crippen LogP contribution in [0.4, 0.5) is 0 Å². The molecule has 1 rings (SSSR count). The number of nitrogens with zero attached hydrogens (tertiary/aromatic N) is 1. The van der Waals surface area contributed by atoms with E-state index in [1.807, 2.05) is 0 Å². The number of unbranched alkanes of at least 4 members (excludes halogenated alkanes) is 2. The highest BCUT2D eigenvalue weighted by Crippen LogP contribution is 2.24. The van der Waals surface area contributed by atoms with Crippen molar-refractivity contribution in [3.63, 3.8) is 0 Å². The number of aliphatic carboxylic acids is 1. The molecule has 0 radical (unpaired) electrons. The molecule has 0 aliphatic heterocycles. The van der Waals surface area contributed by atoms with Crippen LogP contribution in [0.15, 0.2) is 0 Å². The van der Waals surface area contributed by atoms with Crippen LogP contribution >= 0.6 is 0 Å². The Morgan fingerprint density at radius 2 is 2.25 bits per heavy atom. The van der Waals surface area contributed by atoms with Crippen molar-refractivity contribution < 1.29 is 9.90 Å². The highest BCUT2D eigenvalue weighted by atomic mass is 16.4. The van der Waals surface area contributed by atoms with Crippen LogP contribution in [0.1, 0.15) is 44.9 Å². The highest BCUT2D eigenvalue weighted by molar-refractivity contribution is 5.70. The van der Waals surface area contributed by atoms with Gasteiger partial charge >= 0.3 is 5.97 Å². The van der Waals surface area contributed by atoms with Crippen molar-refractivity contribution in [3.05, 3.63) is 0 Å². The Balaban J connectivity index is 2.12. The fourth-order valence-electron chi connectivity index (χ4n) is 2.23. The van der Waals surface area contributed by atoms with Gasteiger partial charge in [0.2, 0.25) is 0 Å². The monoisotopic (exact) mass is 224 g/mol. The predicted molar refractivity (Wildman–Crippen MR) is 60.8 cm³/mol. The topological polar surface area (TPSA) is 73.1 Å². The summed E-state index contributed by atoms with van der Waals surface area (Å²) in [6.07, 6.45) is 6.22. The first-order valence-corrected chi connectivity index (χ1v) is 6.07. The molecule has 4 heteroatoms.